The molecule has 0 aromatic rings. The van der Waals surface area contributed by atoms with Gasteiger partial charge in [-0.15, -0.1) is 0 Å². The quantitative estimate of drug-likeness (QED) is 0.582. The molecular formula is C8H20Ge. The summed E-state index contributed by atoms with van der Waals surface area (Å²) in [5.74, 6) is 0. The molecule has 0 aliphatic heterocycles. The van der Waals surface area contributed by atoms with Crippen LogP contribution in [0, 0.1) is 0 Å². The second kappa shape index (κ2) is 6.66. The molecule has 0 nitrogen and oxygen atoms in total. The van der Waals surface area contributed by atoms with Crippen molar-refractivity contribution in [3.05, 3.63) is 0 Å². The molecule has 56 valence electrons. The van der Waals surface area contributed by atoms with E-state index in [1.165, 1.54) is 12.8 Å². The molecule has 0 unspecified atom stereocenters. The molecule has 0 rings (SSSR count). The van der Waals surface area contributed by atoms with Gasteiger partial charge in [0, 0.05) is 0 Å². The molecule has 0 bridgehead atoms. The Balaban J connectivity index is 3.18. The zero-order valence-electron chi connectivity index (χ0n) is 7.11. The van der Waals surface area contributed by atoms with E-state index in [1.54, 1.807) is 15.8 Å². The van der Waals surface area contributed by atoms with Gasteiger partial charge >= 0.3 is 63.7 Å². The predicted molar refractivity (Wildman–Crippen MR) is 47.8 cm³/mol. The third-order valence-electron chi connectivity index (χ3n) is 1.97. The maximum absolute atomic E-state index is 2.38. The van der Waals surface area contributed by atoms with Gasteiger partial charge in [-0.2, -0.15) is 0 Å². The number of hydrogen-bond acceptors (Lipinski definition) is 0. The number of hydrogen-bond donors (Lipinski definition) is 0. The Bertz CT molecular complexity index is 46.5. The molecular weight excluding hydrogens is 169 g/mol. The van der Waals surface area contributed by atoms with Crippen LogP contribution in [0.5, 0.6) is 0 Å². The second-order valence-corrected chi connectivity index (χ2v) is 10.6. The summed E-state index contributed by atoms with van der Waals surface area (Å²) in [6.45, 7) is 7.03. The average Bonchev–Trinajstić information content (AvgIpc) is 1.88. The molecule has 0 saturated carbocycles. The first-order valence-corrected chi connectivity index (χ1v) is 9.49. The Labute approximate surface area is 64.1 Å². The Hall–Kier alpha value is 0.543. The Kier molecular flexibility index (Phi) is 7.06. The normalized spacial score (nSPS) is 10.7. The van der Waals surface area contributed by atoms with E-state index >= 15 is 0 Å². The third kappa shape index (κ3) is 5.01. The standard InChI is InChI=1S/C8H20Ge/c1-4-7-9(6-3)8-5-2/h9H,4-8H2,1-3H3. The molecule has 0 aliphatic carbocycles. The molecule has 0 amide bonds. The van der Waals surface area contributed by atoms with Crippen molar-refractivity contribution in [2.45, 2.75) is 49.4 Å². The van der Waals surface area contributed by atoms with Gasteiger partial charge in [0.15, 0.2) is 0 Å². The predicted octanol–water partition coefficient (Wildman–Crippen LogP) is 3.05. The van der Waals surface area contributed by atoms with E-state index in [9.17, 15) is 0 Å². The van der Waals surface area contributed by atoms with Gasteiger partial charge in [0.25, 0.3) is 0 Å². The van der Waals surface area contributed by atoms with Crippen molar-refractivity contribution in [3.8, 4) is 0 Å². The molecule has 0 aliphatic rings. The summed E-state index contributed by atoms with van der Waals surface area (Å²) < 4.78 is 0. The van der Waals surface area contributed by atoms with Crippen LogP contribution in [0.3, 0.4) is 0 Å². The minimum atomic E-state index is -0.642. The van der Waals surface area contributed by atoms with Crippen LogP contribution in [-0.4, -0.2) is 14.3 Å². The molecule has 0 fully saturated rings. The van der Waals surface area contributed by atoms with E-state index in [0.717, 1.165) is 0 Å². The summed E-state index contributed by atoms with van der Waals surface area (Å²) in [5.41, 5.74) is 0. The van der Waals surface area contributed by atoms with Crippen molar-refractivity contribution in [2.24, 2.45) is 0 Å². The van der Waals surface area contributed by atoms with Crippen molar-refractivity contribution < 1.29 is 0 Å². The Morgan fingerprint density at radius 3 is 1.56 bits per heavy atom. The summed E-state index contributed by atoms with van der Waals surface area (Å²) >= 11 is -0.642. The third-order valence-corrected chi connectivity index (χ3v) is 10.2. The average molecular weight is 189 g/mol. The summed E-state index contributed by atoms with van der Waals surface area (Å²) in [7, 11) is 0. The van der Waals surface area contributed by atoms with Crippen LogP contribution < -0.4 is 0 Å². The zero-order valence-corrected chi connectivity index (χ0v) is 9.54. The topological polar surface area (TPSA) is 0 Å². The summed E-state index contributed by atoms with van der Waals surface area (Å²) in [6.07, 6.45) is 2.89. The summed E-state index contributed by atoms with van der Waals surface area (Å²) in [6, 6.07) is 0. The Morgan fingerprint density at radius 2 is 1.33 bits per heavy atom. The van der Waals surface area contributed by atoms with E-state index in [4.69, 9.17) is 0 Å². The minimum absolute atomic E-state index is 0.642. The fraction of sp³-hybridized carbons (Fsp3) is 1.00. The maximum atomic E-state index is 2.38. The first kappa shape index (κ1) is 9.54. The van der Waals surface area contributed by atoms with Gasteiger partial charge in [-0.05, 0) is 0 Å². The van der Waals surface area contributed by atoms with Crippen molar-refractivity contribution in [1.29, 1.82) is 0 Å². The van der Waals surface area contributed by atoms with Gasteiger partial charge in [-0.3, -0.25) is 0 Å². The van der Waals surface area contributed by atoms with E-state index in [1.807, 2.05) is 0 Å². The van der Waals surface area contributed by atoms with Crippen molar-refractivity contribution in [1.82, 2.24) is 0 Å². The SMILES string of the molecule is CC[CH2][GeH]([CH2]C)[CH2]CC. The van der Waals surface area contributed by atoms with Crippen molar-refractivity contribution in [2.75, 3.05) is 0 Å². The monoisotopic (exact) mass is 190 g/mol. The first-order chi connectivity index (χ1) is 4.35. The fourth-order valence-corrected chi connectivity index (χ4v) is 7.11. The van der Waals surface area contributed by atoms with Gasteiger partial charge in [0.1, 0.15) is 0 Å². The summed E-state index contributed by atoms with van der Waals surface area (Å²) in [4.78, 5) is 0. The molecule has 0 radical (unpaired) electrons. The molecule has 0 saturated heterocycles. The van der Waals surface area contributed by atoms with Crippen LogP contribution in [0.2, 0.25) is 15.8 Å². The van der Waals surface area contributed by atoms with Crippen LogP contribution in [0.15, 0.2) is 0 Å². The molecule has 0 heterocycles. The van der Waals surface area contributed by atoms with Crippen molar-refractivity contribution >= 4 is 14.3 Å². The van der Waals surface area contributed by atoms with Crippen LogP contribution in [0.4, 0.5) is 0 Å². The number of rotatable bonds is 5. The van der Waals surface area contributed by atoms with E-state index < -0.39 is 14.3 Å². The van der Waals surface area contributed by atoms with E-state index in [2.05, 4.69) is 20.8 Å². The van der Waals surface area contributed by atoms with Crippen LogP contribution >= 0.6 is 0 Å². The first-order valence-electron chi connectivity index (χ1n) is 4.35. The van der Waals surface area contributed by atoms with E-state index in [0.29, 0.717) is 0 Å². The van der Waals surface area contributed by atoms with Gasteiger partial charge in [0.2, 0.25) is 0 Å². The molecule has 0 aromatic heterocycles. The Morgan fingerprint density at radius 1 is 0.889 bits per heavy atom. The molecule has 0 atom stereocenters. The van der Waals surface area contributed by atoms with Gasteiger partial charge in [0.05, 0.1) is 0 Å². The molecule has 0 spiro atoms. The van der Waals surface area contributed by atoms with Crippen LogP contribution in [0.25, 0.3) is 0 Å². The van der Waals surface area contributed by atoms with Crippen LogP contribution in [-0.2, 0) is 0 Å². The van der Waals surface area contributed by atoms with Gasteiger partial charge in [-0.25, -0.2) is 0 Å². The van der Waals surface area contributed by atoms with Gasteiger partial charge in [-0.1, -0.05) is 0 Å². The molecule has 0 N–H and O–H groups in total. The molecule has 9 heavy (non-hydrogen) atoms. The second-order valence-electron chi connectivity index (χ2n) is 2.85. The molecule has 1 heteroatoms. The van der Waals surface area contributed by atoms with Crippen molar-refractivity contribution in [3.63, 3.8) is 0 Å². The van der Waals surface area contributed by atoms with Crippen LogP contribution in [0.1, 0.15) is 33.6 Å². The van der Waals surface area contributed by atoms with E-state index in [-0.39, 0.29) is 0 Å². The fourth-order valence-electron chi connectivity index (χ4n) is 1.37. The molecule has 0 aromatic carbocycles. The summed E-state index contributed by atoms with van der Waals surface area (Å²) in [5, 5.41) is 4.81. The van der Waals surface area contributed by atoms with Gasteiger partial charge < -0.3 is 0 Å². The zero-order chi connectivity index (χ0) is 7.11.